The number of hydrogen-bond acceptors (Lipinski definition) is 2. The molecule has 1 saturated heterocycles. The highest BCUT2D eigenvalue weighted by Gasteiger charge is 2.21. The summed E-state index contributed by atoms with van der Waals surface area (Å²) in [7, 11) is 0. The zero-order valence-corrected chi connectivity index (χ0v) is 10.4. The number of amides is 2. The van der Waals surface area contributed by atoms with Gasteiger partial charge in [-0.1, -0.05) is 12.1 Å². The van der Waals surface area contributed by atoms with E-state index in [1.165, 1.54) is 0 Å². The van der Waals surface area contributed by atoms with E-state index in [1.54, 1.807) is 0 Å². The van der Waals surface area contributed by atoms with Gasteiger partial charge in [0, 0.05) is 6.54 Å². The minimum atomic E-state index is -0.190. The average molecular weight is 234 g/mol. The first-order valence-corrected chi connectivity index (χ1v) is 5.77. The van der Waals surface area contributed by atoms with E-state index in [0.717, 1.165) is 11.3 Å². The van der Waals surface area contributed by atoms with Gasteiger partial charge in [-0.15, -0.1) is 0 Å². The summed E-state index contributed by atoms with van der Waals surface area (Å²) in [5.41, 5.74) is 0.898. The maximum atomic E-state index is 11.0. The Kier molecular flexibility index (Phi) is 2.96. The van der Waals surface area contributed by atoms with Gasteiger partial charge in [-0.2, -0.15) is 0 Å². The molecule has 92 valence electrons. The van der Waals surface area contributed by atoms with Gasteiger partial charge in [0.1, 0.15) is 11.4 Å². The predicted molar refractivity (Wildman–Crippen MR) is 66.1 cm³/mol. The van der Waals surface area contributed by atoms with Crippen LogP contribution in [-0.4, -0.2) is 18.2 Å². The summed E-state index contributed by atoms with van der Waals surface area (Å²) in [5, 5.41) is 5.59. The molecular formula is C13H18N2O2. The molecule has 17 heavy (non-hydrogen) atoms. The monoisotopic (exact) mass is 234 g/mol. The summed E-state index contributed by atoms with van der Waals surface area (Å²) < 4.78 is 5.74. The van der Waals surface area contributed by atoms with E-state index >= 15 is 0 Å². The molecule has 0 saturated carbocycles. The van der Waals surface area contributed by atoms with Crippen LogP contribution in [0.1, 0.15) is 32.4 Å². The van der Waals surface area contributed by atoms with E-state index in [9.17, 15) is 4.79 Å². The molecule has 1 fully saturated rings. The second kappa shape index (κ2) is 4.28. The van der Waals surface area contributed by atoms with Crippen molar-refractivity contribution in [1.82, 2.24) is 10.6 Å². The van der Waals surface area contributed by atoms with Gasteiger partial charge >= 0.3 is 6.03 Å². The van der Waals surface area contributed by atoms with Crippen molar-refractivity contribution in [2.75, 3.05) is 6.54 Å². The lowest BCUT2D eigenvalue weighted by Crippen LogP contribution is -2.23. The summed E-state index contributed by atoms with van der Waals surface area (Å²) in [6.07, 6.45) is 0. The topological polar surface area (TPSA) is 50.4 Å². The van der Waals surface area contributed by atoms with Crippen LogP contribution in [0, 0.1) is 0 Å². The fraction of sp³-hybridized carbons (Fsp3) is 0.462. The van der Waals surface area contributed by atoms with Crippen molar-refractivity contribution in [3.8, 4) is 5.75 Å². The van der Waals surface area contributed by atoms with Crippen LogP contribution in [0.2, 0.25) is 0 Å². The molecule has 0 aromatic heterocycles. The minimum absolute atomic E-state index is 0.0613. The number of urea groups is 1. The lowest BCUT2D eigenvalue weighted by Gasteiger charge is -2.21. The van der Waals surface area contributed by atoms with Gasteiger partial charge in [0.15, 0.2) is 0 Å². The summed E-state index contributed by atoms with van der Waals surface area (Å²) in [5.74, 6) is 0.846. The molecule has 2 N–H and O–H groups in total. The van der Waals surface area contributed by atoms with Crippen molar-refractivity contribution in [2.45, 2.75) is 32.4 Å². The largest absolute Gasteiger partial charge is 0.488 e. The Hall–Kier alpha value is -1.71. The van der Waals surface area contributed by atoms with E-state index < -0.39 is 0 Å². The quantitative estimate of drug-likeness (QED) is 0.824. The standard InChI is InChI=1S/C13H18N2O2/c1-13(2,3)17-10-6-4-9(5-7-10)11-8-14-12(16)15-11/h4-7,11H,8H2,1-3H3,(H2,14,15,16)/t11-/m0/s1. The molecule has 4 nitrogen and oxygen atoms in total. The highest BCUT2D eigenvalue weighted by Crippen LogP contribution is 2.22. The Bertz CT molecular complexity index is 406. The zero-order valence-electron chi connectivity index (χ0n) is 10.4. The molecule has 1 aromatic carbocycles. The average Bonchev–Trinajstić information content (AvgIpc) is 2.63. The first-order valence-electron chi connectivity index (χ1n) is 5.77. The van der Waals surface area contributed by atoms with Gasteiger partial charge in [-0.05, 0) is 38.5 Å². The number of carbonyl (C=O) groups is 1. The van der Waals surface area contributed by atoms with Gasteiger partial charge in [-0.3, -0.25) is 0 Å². The van der Waals surface area contributed by atoms with Crippen LogP contribution >= 0.6 is 0 Å². The Morgan fingerprint density at radius 3 is 2.35 bits per heavy atom. The second-order valence-corrected chi connectivity index (χ2v) is 5.19. The van der Waals surface area contributed by atoms with Crippen molar-refractivity contribution in [3.63, 3.8) is 0 Å². The highest BCUT2D eigenvalue weighted by atomic mass is 16.5. The van der Waals surface area contributed by atoms with E-state index in [-0.39, 0.29) is 17.7 Å². The molecule has 0 bridgehead atoms. The van der Waals surface area contributed by atoms with Gasteiger partial charge in [-0.25, -0.2) is 4.79 Å². The Balaban J connectivity index is 2.05. The second-order valence-electron chi connectivity index (χ2n) is 5.19. The fourth-order valence-electron chi connectivity index (χ4n) is 1.78. The molecule has 0 aliphatic carbocycles. The van der Waals surface area contributed by atoms with Gasteiger partial charge in [0.05, 0.1) is 6.04 Å². The van der Waals surface area contributed by atoms with Crippen LogP contribution in [0.3, 0.4) is 0 Å². The Morgan fingerprint density at radius 1 is 1.24 bits per heavy atom. The maximum absolute atomic E-state index is 11.0. The number of hydrogen-bond donors (Lipinski definition) is 2. The molecule has 1 aliphatic rings. The van der Waals surface area contributed by atoms with Crippen LogP contribution < -0.4 is 15.4 Å². The molecule has 0 spiro atoms. The van der Waals surface area contributed by atoms with E-state index in [0.29, 0.717) is 6.54 Å². The normalized spacial score (nSPS) is 19.7. The third kappa shape index (κ3) is 3.12. The Labute approximate surface area is 101 Å². The minimum Gasteiger partial charge on any atom is -0.488 e. The molecule has 0 radical (unpaired) electrons. The van der Waals surface area contributed by atoms with Crippen molar-refractivity contribution >= 4 is 6.03 Å². The van der Waals surface area contributed by atoms with E-state index in [4.69, 9.17) is 4.74 Å². The third-order valence-corrected chi connectivity index (χ3v) is 2.48. The summed E-state index contributed by atoms with van der Waals surface area (Å²) in [6.45, 7) is 6.68. The summed E-state index contributed by atoms with van der Waals surface area (Å²) >= 11 is 0. The Morgan fingerprint density at radius 2 is 1.88 bits per heavy atom. The van der Waals surface area contributed by atoms with E-state index in [2.05, 4.69) is 10.6 Å². The molecule has 2 amide bonds. The summed E-state index contributed by atoms with van der Waals surface area (Å²) in [6, 6.07) is 7.80. The number of ether oxygens (including phenoxy) is 1. The van der Waals surface area contributed by atoms with Crippen molar-refractivity contribution in [2.24, 2.45) is 0 Å². The molecule has 1 atom stereocenters. The lowest BCUT2D eigenvalue weighted by molar-refractivity contribution is 0.131. The van der Waals surface area contributed by atoms with Crippen LogP contribution in [-0.2, 0) is 0 Å². The number of rotatable bonds is 2. The molecule has 4 heteroatoms. The van der Waals surface area contributed by atoms with E-state index in [1.807, 2.05) is 45.0 Å². The van der Waals surface area contributed by atoms with Crippen molar-refractivity contribution < 1.29 is 9.53 Å². The van der Waals surface area contributed by atoms with Gasteiger partial charge < -0.3 is 15.4 Å². The predicted octanol–water partition coefficient (Wildman–Crippen LogP) is 2.22. The smallest absolute Gasteiger partial charge is 0.315 e. The molecular weight excluding hydrogens is 216 g/mol. The number of benzene rings is 1. The molecule has 2 rings (SSSR count). The van der Waals surface area contributed by atoms with Gasteiger partial charge in [0.2, 0.25) is 0 Å². The molecule has 1 heterocycles. The maximum Gasteiger partial charge on any atom is 0.315 e. The fourth-order valence-corrected chi connectivity index (χ4v) is 1.78. The third-order valence-electron chi connectivity index (χ3n) is 2.48. The van der Waals surface area contributed by atoms with Crippen molar-refractivity contribution in [1.29, 1.82) is 0 Å². The molecule has 0 unspecified atom stereocenters. The zero-order chi connectivity index (χ0) is 12.5. The highest BCUT2D eigenvalue weighted by molar-refractivity contribution is 5.76. The summed E-state index contributed by atoms with van der Waals surface area (Å²) in [4.78, 5) is 11.0. The van der Waals surface area contributed by atoms with Crippen molar-refractivity contribution in [3.05, 3.63) is 29.8 Å². The lowest BCUT2D eigenvalue weighted by atomic mass is 10.1. The first-order chi connectivity index (χ1) is 7.94. The number of carbonyl (C=O) groups excluding carboxylic acids is 1. The van der Waals surface area contributed by atoms with Crippen LogP contribution in [0.4, 0.5) is 4.79 Å². The number of nitrogens with one attached hydrogen (secondary N) is 2. The van der Waals surface area contributed by atoms with Crippen LogP contribution in [0.15, 0.2) is 24.3 Å². The molecule has 1 aromatic rings. The SMILES string of the molecule is CC(C)(C)Oc1ccc([C@@H]2CNC(=O)N2)cc1. The molecule has 1 aliphatic heterocycles. The van der Waals surface area contributed by atoms with Crippen LogP contribution in [0.5, 0.6) is 5.75 Å². The van der Waals surface area contributed by atoms with Crippen LogP contribution in [0.25, 0.3) is 0 Å². The first kappa shape index (κ1) is 11.8. The van der Waals surface area contributed by atoms with Gasteiger partial charge in [0.25, 0.3) is 0 Å².